The molecule has 2 heterocycles. The van der Waals surface area contributed by atoms with Crippen LogP contribution in [0.2, 0.25) is 0 Å². The molecular formula is C21H27ClN2O3. The average Bonchev–Trinajstić information content (AvgIpc) is 2.89. The van der Waals surface area contributed by atoms with Gasteiger partial charge in [-0.2, -0.15) is 0 Å². The van der Waals surface area contributed by atoms with Crippen LogP contribution in [0, 0.1) is 11.3 Å². The normalized spacial score (nSPS) is 31.5. The summed E-state index contributed by atoms with van der Waals surface area (Å²) in [5.74, 6) is 0.544. The number of halogens is 1. The first kappa shape index (κ1) is 18.6. The molecule has 146 valence electrons. The van der Waals surface area contributed by atoms with Crippen molar-refractivity contribution in [2.75, 3.05) is 0 Å². The number of nitrogens with zero attached hydrogens (tertiary/aromatic N) is 1. The molecule has 1 aromatic carbocycles. The number of benzene rings is 1. The van der Waals surface area contributed by atoms with Crippen molar-refractivity contribution in [3.63, 3.8) is 0 Å². The van der Waals surface area contributed by atoms with Crippen molar-refractivity contribution in [2.45, 2.75) is 63.8 Å². The molecule has 0 saturated heterocycles. The number of nitrogens with two attached hydrogens (primary N) is 1. The van der Waals surface area contributed by atoms with E-state index in [1.54, 1.807) is 6.07 Å². The van der Waals surface area contributed by atoms with E-state index in [-0.39, 0.29) is 41.3 Å². The number of phenolic OH excluding ortho intramolecular Hbond substituents is 2. The van der Waals surface area contributed by atoms with E-state index in [0.29, 0.717) is 18.3 Å². The van der Waals surface area contributed by atoms with Gasteiger partial charge in [0.1, 0.15) is 0 Å². The van der Waals surface area contributed by atoms with Gasteiger partial charge < -0.3 is 15.9 Å². The fourth-order valence-electron chi connectivity index (χ4n) is 6.46. The molecule has 5 nitrogen and oxygen atoms in total. The van der Waals surface area contributed by atoms with Crippen molar-refractivity contribution >= 4 is 29.2 Å². The summed E-state index contributed by atoms with van der Waals surface area (Å²) < 4.78 is 1.84. The maximum atomic E-state index is 13.2. The zero-order valence-electron chi connectivity index (χ0n) is 15.6. The van der Waals surface area contributed by atoms with Crippen LogP contribution in [0.3, 0.4) is 0 Å². The summed E-state index contributed by atoms with van der Waals surface area (Å²) in [6, 6.07) is 3.24. The highest BCUT2D eigenvalue weighted by atomic mass is 35.5. The van der Waals surface area contributed by atoms with Gasteiger partial charge in [0, 0.05) is 35.5 Å². The molecule has 4 N–H and O–H groups in total. The molecule has 2 aliphatic carbocycles. The number of aromatic hydroxyl groups is 2. The minimum atomic E-state index is -0.175. The summed E-state index contributed by atoms with van der Waals surface area (Å²) in [6.45, 7) is 2.20. The molecule has 4 atom stereocenters. The van der Waals surface area contributed by atoms with Crippen molar-refractivity contribution in [3.05, 3.63) is 23.4 Å². The van der Waals surface area contributed by atoms with Gasteiger partial charge in [0.2, 0.25) is 5.91 Å². The molecule has 0 amide bonds. The van der Waals surface area contributed by atoms with Crippen LogP contribution in [0.15, 0.2) is 12.1 Å². The SMILES string of the molecule is CCC[C@@]12CCC[C@H]3[C@H](N)Cc4c(n(c5cc(O)c(O)cc45)C(=O)C1)[C@H]32.Cl. The third-order valence-corrected chi connectivity index (χ3v) is 7.29. The molecule has 2 aromatic rings. The van der Waals surface area contributed by atoms with Gasteiger partial charge in [0.05, 0.1) is 5.52 Å². The highest BCUT2D eigenvalue weighted by Crippen LogP contribution is 2.61. The zero-order valence-corrected chi connectivity index (χ0v) is 16.4. The zero-order chi connectivity index (χ0) is 18.2. The van der Waals surface area contributed by atoms with Gasteiger partial charge in [-0.25, -0.2) is 0 Å². The molecular weight excluding hydrogens is 364 g/mol. The van der Waals surface area contributed by atoms with Crippen molar-refractivity contribution < 1.29 is 15.0 Å². The van der Waals surface area contributed by atoms with E-state index in [0.717, 1.165) is 60.7 Å². The minimum Gasteiger partial charge on any atom is -0.504 e. The predicted molar refractivity (Wildman–Crippen MR) is 107 cm³/mol. The summed E-state index contributed by atoms with van der Waals surface area (Å²) in [7, 11) is 0. The quantitative estimate of drug-likeness (QED) is 0.674. The van der Waals surface area contributed by atoms with Crippen molar-refractivity contribution in [2.24, 2.45) is 17.1 Å². The standard InChI is InChI=1S/C21H26N2O3.ClH/c1-2-5-21-6-3-4-11-14(22)7-13-12-8-16(24)17(25)9-15(12)23(18(26)10-21)20(13)19(11)21;/h8-9,11,14,19,24-25H,2-7,10,22H2,1H3;1H/t11-,14+,19-,21+;/m0./s1. The Labute approximate surface area is 165 Å². The third kappa shape index (κ3) is 2.31. The lowest BCUT2D eigenvalue weighted by molar-refractivity contribution is 0.0296. The highest BCUT2D eigenvalue weighted by molar-refractivity contribution is 5.99. The number of phenols is 2. The molecule has 0 unspecified atom stereocenters. The smallest absolute Gasteiger partial charge is 0.231 e. The number of rotatable bonds is 2. The fraction of sp³-hybridized carbons (Fsp3) is 0.571. The van der Waals surface area contributed by atoms with Crippen LogP contribution in [-0.4, -0.2) is 26.7 Å². The summed E-state index contributed by atoms with van der Waals surface area (Å²) in [5, 5.41) is 20.9. The maximum Gasteiger partial charge on any atom is 0.231 e. The van der Waals surface area contributed by atoms with E-state index < -0.39 is 0 Å². The number of fused-ring (bicyclic) bond motifs is 3. The Morgan fingerprint density at radius 3 is 2.78 bits per heavy atom. The van der Waals surface area contributed by atoms with E-state index in [2.05, 4.69) is 6.92 Å². The van der Waals surface area contributed by atoms with Crippen molar-refractivity contribution in [3.8, 4) is 11.5 Å². The molecule has 1 saturated carbocycles. The van der Waals surface area contributed by atoms with Gasteiger partial charge >= 0.3 is 0 Å². The van der Waals surface area contributed by atoms with E-state index in [1.807, 2.05) is 4.57 Å². The Morgan fingerprint density at radius 1 is 1.30 bits per heavy atom. The Morgan fingerprint density at radius 2 is 2.04 bits per heavy atom. The van der Waals surface area contributed by atoms with Crippen LogP contribution >= 0.6 is 12.4 Å². The Bertz CT molecular complexity index is 933. The molecule has 1 aromatic heterocycles. The molecule has 5 rings (SSSR count). The van der Waals surface area contributed by atoms with Crippen LogP contribution in [0.25, 0.3) is 10.9 Å². The largest absolute Gasteiger partial charge is 0.504 e. The fourth-order valence-corrected chi connectivity index (χ4v) is 6.46. The van der Waals surface area contributed by atoms with Crippen LogP contribution in [0.4, 0.5) is 0 Å². The molecule has 0 bridgehead atoms. The molecule has 1 aliphatic heterocycles. The average molecular weight is 391 g/mol. The number of hydrogen-bond acceptors (Lipinski definition) is 4. The van der Waals surface area contributed by atoms with Gasteiger partial charge in [-0.05, 0) is 48.6 Å². The lowest BCUT2D eigenvalue weighted by Crippen LogP contribution is -2.53. The van der Waals surface area contributed by atoms with E-state index in [1.165, 1.54) is 6.07 Å². The first-order valence-electron chi connectivity index (χ1n) is 9.85. The molecule has 1 fully saturated rings. The number of carbonyl (C=O) groups excluding carboxylic acids is 1. The molecule has 3 aliphatic rings. The monoisotopic (exact) mass is 390 g/mol. The topological polar surface area (TPSA) is 88.5 Å². The number of carbonyl (C=O) groups is 1. The minimum absolute atomic E-state index is 0. The maximum absolute atomic E-state index is 13.2. The number of hydrogen-bond donors (Lipinski definition) is 3. The van der Waals surface area contributed by atoms with Gasteiger partial charge in [-0.3, -0.25) is 9.36 Å². The summed E-state index contributed by atoms with van der Waals surface area (Å²) in [5.41, 5.74) is 9.62. The highest BCUT2D eigenvalue weighted by Gasteiger charge is 2.55. The van der Waals surface area contributed by atoms with Crippen LogP contribution in [0.1, 0.15) is 67.4 Å². The van der Waals surface area contributed by atoms with Crippen molar-refractivity contribution in [1.82, 2.24) is 4.57 Å². The Balaban J connectivity index is 0.00000180. The third-order valence-electron chi connectivity index (χ3n) is 7.29. The Kier molecular flexibility index (Phi) is 4.24. The molecule has 0 radical (unpaired) electrons. The number of aromatic nitrogens is 1. The molecule has 6 heteroatoms. The van der Waals surface area contributed by atoms with Gasteiger partial charge in [-0.15, -0.1) is 12.4 Å². The lowest BCUT2D eigenvalue weighted by Gasteiger charge is -2.54. The molecule has 27 heavy (non-hydrogen) atoms. The van der Waals surface area contributed by atoms with Gasteiger partial charge in [0.15, 0.2) is 11.5 Å². The van der Waals surface area contributed by atoms with E-state index in [4.69, 9.17) is 5.73 Å². The summed E-state index contributed by atoms with van der Waals surface area (Å²) >= 11 is 0. The van der Waals surface area contributed by atoms with Crippen LogP contribution < -0.4 is 5.73 Å². The molecule has 0 spiro atoms. The van der Waals surface area contributed by atoms with Crippen LogP contribution in [-0.2, 0) is 6.42 Å². The second-order valence-electron chi connectivity index (χ2n) is 8.64. The second-order valence-corrected chi connectivity index (χ2v) is 8.64. The summed E-state index contributed by atoms with van der Waals surface area (Å²) in [6.07, 6.45) is 6.80. The van der Waals surface area contributed by atoms with Gasteiger partial charge in [-0.1, -0.05) is 19.8 Å². The first-order valence-corrected chi connectivity index (χ1v) is 9.85. The van der Waals surface area contributed by atoms with Gasteiger partial charge in [0.25, 0.3) is 0 Å². The first-order chi connectivity index (χ1) is 12.5. The van der Waals surface area contributed by atoms with Crippen molar-refractivity contribution in [1.29, 1.82) is 0 Å². The Hall–Kier alpha value is -1.72. The lowest BCUT2D eigenvalue weighted by atomic mass is 9.52. The van der Waals surface area contributed by atoms with Crippen LogP contribution in [0.5, 0.6) is 11.5 Å². The predicted octanol–water partition coefficient (Wildman–Crippen LogP) is 4.07. The second kappa shape index (κ2) is 6.14. The van der Waals surface area contributed by atoms with E-state index >= 15 is 0 Å². The summed E-state index contributed by atoms with van der Waals surface area (Å²) in [4.78, 5) is 13.2. The van der Waals surface area contributed by atoms with E-state index in [9.17, 15) is 15.0 Å².